The second kappa shape index (κ2) is 11.8. The highest BCUT2D eigenvalue weighted by Crippen LogP contribution is 2.67. The van der Waals surface area contributed by atoms with Gasteiger partial charge in [-0.2, -0.15) is 13.2 Å². The molecular weight excluding hydrogens is 597 g/mol. The molecule has 1 spiro atoms. The molecule has 0 radical (unpaired) electrons. The average Bonchev–Trinajstić information content (AvgIpc) is 3.35. The molecule has 2 aromatic rings. The van der Waals surface area contributed by atoms with Gasteiger partial charge in [0.1, 0.15) is 11.7 Å². The molecule has 1 amide bonds. The summed E-state index contributed by atoms with van der Waals surface area (Å²) in [6, 6.07) is 8.29. The van der Waals surface area contributed by atoms with E-state index < -0.39 is 28.9 Å². The minimum Gasteiger partial charge on any atom is -0.493 e. The molecule has 2 aliphatic heterocycles. The van der Waals surface area contributed by atoms with Crippen LogP contribution >= 0.6 is 0 Å². The van der Waals surface area contributed by atoms with E-state index in [9.17, 15) is 22.8 Å². The minimum atomic E-state index is -4.44. The van der Waals surface area contributed by atoms with Crippen LogP contribution in [-0.2, 0) is 32.3 Å². The van der Waals surface area contributed by atoms with Gasteiger partial charge in [-0.05, 0) is 67.0 Å². The van der Waals surface area contributed by atoms with E-state index in [0.717, 1.165) is 29.8 Å². The topological polar surface area (TPSA) is 68.3 Å². The zero-order valence-electron chi connectivity index (χ0n) is 26.7. The molecule has 1 saturated carbocycles. The predicted octanol–water partition coefficient (Wildman–Crippen LogP) is 6.19. The van der Waals surface area contributed by atoms with Gasteiger partial charge in [-0.25, -0.2) is 0 Å². The largest absolute Gasteiger partial charge is 0.493 e. The predicted molar refractivity (Wildman–Crippen MR) is 168 cm³/mol. The molecule has 0 unspecified atom stereocenters. The molecule has 2 heterocycles. The number of carbonyl (C=O) groups is 2. The smallest absolute Gasteiger partial charge is 0.416 e. The molecule has 2 fully saturated rings. The standard InChI is InChI=1S/C36H41F3N2O5/c1-6-18-40-19-17-34-31-25-10-13-28(44-5)32(31)45-33(34)27(15-16-35(34,29(40)20-25)46-23(4)42)41(21-22(2)3)30(43)14-9-24-7-11-26(12-8-24)36(37,38)39/h6-14,22,27,29,33H,1,15-21H2,2-5H3/t27-,29-,33+,34+,35-/m1/s1. The monoisotopic (exact) mass is 638 g/mol. The summed E-state index contributed by atoms with van der Waals surface area (Å²) in [5.74, 6) is 0.785. The first kappa shape index (κ1) is 32.2. The summed E-state index contributed by atoms with van der Waals surface area (Å²) >= 11 is 0. The molecule has 5 atom stereocenters. The quantitative estimate of drug-likeness (QED) is 0.185. The number of hydrogen-bond donors (Lipinski definition) is 0. The number of ether oxygens (including phenoxy) is 3. The lowest BCUT2D eigenvalue weighted by Gasteiger charge is -2.65. The van der Waals surface area contributed by atoms with Crippen LogP contribution in [-0.4, -0.2) is 72.2 Å². The molecule has 4 aliphatic rings. The van der Waals surface area contributed by atoms with E-state index in [0.29, 0.717) is 55.8 Å². The van der Waals surface area contributed by atoms with Crippen LogP contribution in [0.5, 0.6) is 11.5 Å². The summed E-state index contributed by atoms with van der Waals surface area (Å²) in [6.07, 6.45) is 2.33. The summed E-state index contributed by atoms with van der Waals surface area (Å²) in [5.41, 5.74) is 0.306. The summed E-state index contributed by atoms with van der Waals surface area (Å²) in [4.78, 5) is 31.2. The zero-order valence-corrected chi connectivity index (χ0v) is 26.7. The number of hydrogen-bond acceptors (Lipinski definition) is 6. The van der Waals surface area contributed by atoms with Crippen molar-refractivity contribution in [1.82, 2.24) is 9.80 Å². The van der Waals surface area contributed by atoms with Crippen LogP contribution in [0.2, 0.25) is 0 Å². The highest BCUT2D eigenvalue weighted by atomic mass is 19.4. The Labute approximate surface area is 268 Å². The van der Waals surface area contributed by atoms with E-state index in [4.69, 9.17) is 14.2 Å². The fourth-order valence-electron chi connectivity index (χ4n) is 8.72. The zero-order chi connectivity index (χ0) is 33.0. The number of carbonyl (C=O) groups excluding carboxylic acids is 2. The number of likely N-dealkylation sites (tertiary alicyclic amines) is 1. The van der Waals surface area contributed by atoms with E-state index >= 15 is 0 Å². The Morgan fingerprint density at radius 2 is 1.91 bits per heavy atom. The van der Waals surface area contributed by atoms with Gasteiger partial charge < -0.3 is 19.1 Å². The molecule has 246 valence electrons. The second-order valence-electron chi connectivity index (χ2n) is 13.3. The Balaban J connectivity index is 1.43. The Bertz CT molecular complexity index is 1550. The van der Waals surface area contributed by atoms with E-state index in [1.54, 1.807) is 13.2 Å². The highest BCUT2D eigenvalue weighted by Gasteiger charge is 2.75. The van der Waals surface area contributed by atoms with Crippen molar-refractivity contribution in [3.63, 3.8) is 0 Å². The number of halogens is 3. The van der Waals surface area contributed by atoms with Crippen molar-refractivity contribution in [1.29, 1.82) is 0 Å². The second-order valence-corrected chi connectivity index (χ2v) is 13.3. The van der Waals surface area contributed by atoms with Crippen LogP contribution in [0.3, 0.4) is 0 Å². The number of piperidine rings is 1. The van der Waals surface area contributed by atoms with Crippen molar-refractivity contribution >= 4 is 18.0 Å². The van der Waals surface area contributed by atoms with Gasteiger partial charge in [-0.15, -0.1) is 6.58 Å². The van der Waals surface area contributed by atoms with Crippen molar-refractivity contribution in [2.75, 3.05) is 26.7 Å². The summed E-state index contributed by atoms with van der Waals surface area (Å²) in [5, 5.41) is 0. The Kier molecular flexibility index (Phi) is 8.24. The van der Waals surface area contributed by atoms with Crippen molar-refractivity contribution in [3.05, 3.63) is 77.4 Å². The van der Waals surface area contributed by atoms with Crippen LogP contribution in [0, 0.1) is 5.92 Å². The SMILES string of the molecule is C=CCN1CC[C@]23c4c5ccc(OC)c4O[C@H]2[C@H](N(CC(C)C)C(=O)C=Cc2ccc(C(F)(F)F)cc2)CC[C@@]3(OC(C)=O)[C@H]1C5. The third-order valence-electron chi connectivity index (χ3n) is 10.3. The van der Waals surface area contributed by atoms with Crippen LogP contribution in [0.4, 0.5) is 13.2 Å². The lowest BCUT2D eigenvalue weighted by Crippen LogP contribution is -2.79. The lowest BCUT2D eigenvalue weighted by atomic mass is 9.48. The Hall–Kier alpha value is -3.79. The Morgan fingerprint density at radius 3 is 2.54 bits per heavy atom. The van der Waals surface area contributed by atoms with Crippen molar-refractivity contribution in [3.8, 4) is 11.5 Å². The van der Waals surface area contributed by atoms with Gasteiger partial charge in [-0.3, -0.25) is 14.5 Å². The lowest BCUT2D eigenvalue weighted by molar-refractivity contribution is -0.223. The number of nitrogens with zero attached hydrogens (tertiary/aromatic N) is 2. The van der Waals surface area contributed by atoms with Gasteiger partial charge in [0, 0.05) is 38.2 Å². The molecule has 0 N–H and O–H groups in total. The van der Waals surface area contributed by atoms with Gasteiger partial charge in [0.15, 0.2) is 11.5 Å². The molecule has 10 heteroatoms. The van der Waals surface area contributed by atoms with Gasteiger partial charge in [-0.1, -0.05) is 38.1 Å². The van der Waals surface area contributed by atoms with Crippen LogP contribution in [0.15, 0.2) is 55.1 Å². The highest BCUT2D eigenvalue weighted by molar-refractivity contribution is 5.92. The molecule has 46 heavy (non-hydrogen) atoms. The number of esters is 1. The van der Waals surface area contributed by atoms with Gasteiger partial charge in [0.05, 0.1) is 30.2 Å². The van der Waals surface area contributed by atoms with Gasteiger partial charge >= 0.3 is 12.1 Å². The normalized spacial score (nSPS) is 28.0. The van der Waals surface area contributed by atoms with E-state index in [1.165, 1.54) is 25.1 Å². The molecule has 2 aliphatic carbocycles. The fraction of sp³-hybridized carbons (Fsp3) is 0.500. The van der Waals surface area contributed by atoms with E-state index in [-0.39, 0.29) is 29.9 Å². The maximum Gasteiger partial charge on any atom is 0.416 e. The number of amides is 1. The molecular formula is C36H41F3N2O5. The summed E-state index contributed by atoms with van der Waals surface area (Å²) < 4.78 is 58.5. The van der Waals surface area contributed by atoms with Gasteiger partial charge in [0.25, 0.3) is 0 Å². The van der Waals surface area contributed by atoms with Crippen molar-refractivity contribution < 1.29 is 37.0 Å². The molecule has 0 aromatic heterocycles. The third kappa shape index (κ3) is 5.00. The van der Waals surface area contributed by atoms with Crippen LogP contribution < -0.4 is 9.47 Å². The Morgan fingerprint density at radius 1 is 1.17 bits per heavy atom. The number of benzene rings is 2. The fourth-order valence-corrected chi connectivity index (χ4v) is 8.72. The molecule has 2 aromatic carbocycles. The first-order valence-electron chi connectivity index (χ1n) is 15.9. The molecule has 7 nitrogen and oxygen atoms in total. The van der Waals surface area contributed by atoms with Crippen LogP contribution in [0.25, 0.3) is 6.08 Å². The number of alkyl halides is 3. The average molecular weight is 639 g/mol. The third-order valence-corrected chi connectivity index (χ3v) is 10.3. The first-order valence-corrected chi connectivity index (χ1v) is 15.9. The molecule has 6 rings (SSSR count). The maximum atomic E-state index is 14.1. The van der Waals surface area contributed by atoms with Gasteiger partial charge in [0.2, 0.25) is 5.91 Å². The number of methoxy groups -OCH3 is 1. The van der Waals surface area contributed by atoms with E-state index in [1.807, 2.05) is 30.9 Å². The summed E-state index contributed by atoms with van der Waals surface area (Å²) in [6.45, 7) is 11.4. The van der Waals surface area contributed by atoms with Crippen molar-refractivity contribution in [2.24, 2.45) is 5.92 Å². The van der Waals surface area contributed by atoms with Crippen LogP contribution in [0.1, 0.15) is 62.3 Å². The maximum absolute atomic E-state index is 14.1. The van der Waals surface area contributed by atoms with Crippen molar-refractivity contribution in [2.45, 2.75) is 81.8 Å². The number of rotatable bonds is 9. The van der Waals surface area contributed by atoms with E-state index in [2.05, 4.69) is 17.5 Å². The first-order chi connectivity index (χ1) is 21.9. The minimum absolute atomic E-state index is 0.101. The summed E-state index contributed by atoms with van der Waals surface area (Å²) in [7, 11) is 1.61. The molecule has 2 bridgehead atoms. The molecule has 1 saturated heterocycles.